The van der Waals surface area contributed by atoms with E-state index in [0.717, 1.165) is 25.8 Å². The minimum absolute atomic E-state index is 0.294. The lowest BCUT2D eigenvalue weighted by atomic mass is 10.1. The van der Waals surface area contributed by atoms with E-state index in [0.29, 0.717) is 6.61 Å². The number of imidazole rings is 1. The first-order valence-corrected chi connectivity index (χ1v) is 8.99. The second-order valence-electron chi connectivity index (χ2n) is 6.05. The Morgan fingerprint density at radius 1 is 0.905 bits per heavy atom. The zero-order chi connectivity index (χ0) is 15.2. The molecule has 122 valence electrons. The number of hydrogen-bond acceptors (Lipinski definition) is 2. The quantitative estimate of drug-likeness (QED) is 0.504. The molecule has 0 spiro atoms. The van der Waals surface area contributed by atoms with E-state index in [2.05, 4.69) is 22.7 Å². The Hall–Kier alpha value is -0.830. The molecule has 1 aromatic heterocycles. The van der Waals surface area contributed by atoms with E-state index < -0.39 is 0 Å². The smallest absolute Gasteiger partial charge is 0.108 e. The summed E-state index contributed by atoms with van der Waals surface area (Å²) >= 11 is 0. The molecule has 0 aliphatic rings. The van der Waals surface area contributed by atoms with Crippen LogP contribution in [-0.4, -0.2) is 21.3 Å². The average molecular weight is 294 g/mol. The van der Waals surface area contributed by atoms with Crippen molar-refractivity contribution < 1.29 is 5.11 Å². The molecule has 0 amide bonds. The number of aliphatic hydroxyl groups excluding tert-OH is 1. The van der Waals surface area contributed by atoms with Crippen LogP contribution < -0.4 is 0 Å². The molecule has 0 unspecified atom stereocenters. The van der Waals surface area contributed by atoms with Crippen molar-refractivity contribution in [2.24, 2.45) is 0 Å². The summed E-state index contributed by atoms with van der Waals surface area (Å²) in [5.41, 5.74) is 0. The normalized spacial score (nSPS) is 11.1. The third-order valence-corrected chi connectivity index (χ3v) is 4.11. The Morgan fingerprint density at radius 3 is 2.24 bits per heavy atom. The van der Waals surface area contributed by atoms with E-state index in [4.69, 9.17) is 5.11 Å². The summed E-state index contributed by atoms with van der Waals surface area (Å²) in [5.74, 6) is 1.22. The summed E-state index contributed by atoms with van der Waals surface area (Å²) in [7, 11) is 0. The van der Waals surface area contributed by atoms with Gasteiger partial charge in [0.05, 0.1) is 0 Å². The van der Waals surface area contributed by atoms with Crippen molar-refractivity contribution in [2.75, 3.05) is 6.61 Å². The Labute approximate surface area is 130 Å². The highest BCUT2D eigenvalue weighted by Gasteiger charge is 2.02. The van der Waals surface area contributed by atoms with Crippen LogP contribution in [0.5, 0.6) is 0 Å². The molecule has 1 N–H and O–H groups in total. The Morgan fingerprint density at radius 2 is 1.57 bits per heavy atom. The van der Waals surface area contributed by atoms with Gasteiger partial charge in [0, 0.05) is 32.0 Å². The fourth-order valence-corrected chi connectivity index (χ4v) is 2.76. The summed E-state index contributed by atoms with van der Waals surface area (Å²) in [4.78, 5) is 4.46. The van der Waals surface area contributed by atoms with Gasteiger partial charge in [0.15, 0.2) is 0 Å². The predicted octanol–water partition coefficient (Wildman–Crippen LogP) is 4.73. The second kappa shape index (κ2) is 12.9. The van der Waals surface area contributed by atoms with E-state index in [9.17, 15) is 0 Å². The van der Waals surface area contributed by atoms with Crippen LogP contribution in [0.25, 0.3) is 0 Å². The Bertz CT molecular complexity index is 336. The first-order valence-electron chi connectivity index (χ1n) is 8.99. The van der Waals surface area contributed by atoms with Crippen molar-refractivity contribution in [1.82, 2.24) is 9.55 Å². The highest BCUT2D eigenvalue weighted by molar-refractivity contribution is 4.92. The monoisotopic (exact) mass is 294 g/mol. The molecule has 1 rings (SSSR count). The summed E-state index contributed by atoms with van der Waals surface area (Å²) in [6.45, 7) is 3.56. The molecule has 0 radical (unpaired) electrons. The standard InChI is InChI=1S/C18H34N2O/c1-2-3-4-5-6-7-8-9-10-13-18-19-14-16-20(18)15-11-12-17-21/h14,16,21H,2-13,15,17H2,1H3. The van der Waals surface area contributed by atoms with Crippen LogP contribution in [0.1, 0.15) is 83.4 Å². The molecule has 3 heteroatoms. The lowest BCUT2D eigenvalue weighted by molar-refractivity contribution is 0.281. The highest BCUT2D eigenvalue weighted by Crippen LogP contribution is 2.11. The first-order chi connectivity index (χ1) is 10.4. The molecule has 0 fully saturated rings. The van der Waals surface area contributed by atoms with E-state index in [1.165, 1.54) is 63.6 Å². The van der Waals surface area contributed by atoms with Gasteiger partial charge in [0.25, 0.3) is 0 Å². The van der Waals surface area contributed by atoms with Crippen molar-refractivity contribution in [1.29, 1.82) is 0 Å². The number of unbranched alkanes of at least 4 members (excludes halogenated alkanes) is 9. The molecule has 0 atom stereocenters. The van der Waals surface area contributed by atoms with Gasteiger partial charge in [0.2, 0.25) is 0 Å². The summed E-state index contributed by atoms with van der Waals surface area (Å²) in [6, 6.07) is 0. The number of aryl methyl sites for hydroxylation is 2. The number of aliphatic hydroxyl groups is 1. The minimum Gasteiger partial charge on any atom is -0.396 e. The zero-order valence-corrected chi connectivity index (χ0v) is 13.9. The molecule has 0 aromatic carbocycles. The topological polar surface area (TPSA) is 38.0 Å². The molecule has 21 heavy (non-hydrogen) atoms. The van der Waals surface area contributed by atoms with Gasteiger partial charge in [-0.3, -0.25) is 0 Å². The third-order valence-electron chi connectivity index (χ3n) is 4.11. The molecule has 1 heterocycles. The lowest BCUT2D eigenvalue weighted by Crippen LogP contribution is -2.04. The van der Waals surface area contributed by atoms with Crippen LogP contribution in [0.4, 0.5) is 0 Å². The number of hydrogen-bond donors (Lipinski definition) is 1. The van der Waals surface area contributed by atoms with Gasteiger partial charge in [-0.1, -0.05) is 58.3 Å². The number of rotatable bonds is 14. The van der Waals surface area contributed by atoms with Crippen LogP contribution >= 0.6 is 0 Å². The van der Waals surface area contributed by atoms with Gasteiger partial charge in [0.1, 0.15) is 5.82 Å². The fraction of sp³-hybridized carbons (Fsp3) is 0.833. The van der Waals surface area contributed by atoms with Crippen LogP contribution in [0, 0.1) is 0 Å². The van der Waals surface area contributed by atoms with Crippen LogP contribution in [0.3, 0.4) is 0 Å². The van der Waals surface area contributed by atoms with Crippen molar-refractivity contribution >= 4 is 0 Å². The Kier molecular flexibility index (Phi) is 11.2. The zero-order valence-electron chi connectivity index (χ0n) is 13.9. The molecule has 0 aliphatic carbocycles. The predicted molar refractivity (Wildman–Crippen MR) is 89.5 cm³/mol. The van der Waals surface area contributed by atoms with Gasteiger partial charge >= 0.3 is 0 Å². The average Bonchev–Trinajstić information content (AvgIpc) is 2.93. The van der Waals surface area contributed by atoms with Crippen LogP contribution in [0.2, 0.25) is 0 Å². The lowest BCUT2D eigenvalue weighted by Gasteiger charge is -2.07. The maximum atomic E-state index is 8.83. The molecule has 0 saturated heterocycles. The van der Waals surface area contributed by atoms with Gasteiger partial charge in [-0.2, -0.15) is 0 Å². The maximum absolute atomic E-state index is 8.83. The summed E-state index contributed by atoms with van der Waals surface area (Å²) in [6.07, 6.45) is 19.3. The number of aromatic nitrogens is 2. The van der Waals surface area contributed by atoms with Crippen LogP contribution in [-0.2, 0) is 13.0 Å². The van der Waals surface area contributed by atoms with Gasteiger partial charge in [-0.05, 0) is 19.3 Å². The highest BCUT2D eigenvalue weighted by atomic mass is 16.2. The van der Waals surface area contributed by atoms with E-state index >= 15 is 0 Å². The van der Waals surface area contributed by atoms with Crippen molar-refractivity contribution in [3.8, 4) is 0 Å². The van der Waals surface area contributed by atoms with E-state index in [1.54, 1.807) is 0 Å². The number of nitrogens with zero attached hydrogens (tertiary/aromatic N) is 2. The van der Waals surface area contributed by atoms with Gasteiger partial charge in [-0.25, -0.2) is 4.98 Å². The molecular formula is C18H34N2O. The minimum atomic E-state index is 0.294. The maximum Gasteiger partial charge on any atom is 0.108 e. The summed E-state index contributed by atoms with van der Waals surface area (Å²) < 4.78 is 2.25. The van der Waals surface area contributed by atoms with Gasteiger partial charge < -0.3 is 9.67 Å². The third kappa shape index (κ3) is 8.92. The van der Waals surface area contributed by atoms with Crippen molar-refractivity contribution in [2.45, 2.75) is 90.5 Å². The second-order valence-corrected chi connectivity index (χ2v) is 6.05. The van der Waals surface area contributed by atoms with E-state index in [1.807, 2.05) is 6.20 Å². The van der Waals surface area contributed by atoms with Crippen LogP contribution in [0.15, 0.2) is 12.4 Å². The molecular weight excluding hydrogens is 260 g/mol. The van der Waals surface area contributed by atoms with Gasteiger partial charge in [-0.15, -0.1) is 0 Å². The Balaban J connectivity index is 2.01. The first kappa shape index (κ1) is 18.2. The molecule has 0 saturated carbocycles. The molecule has 0 bridgehead atoms. The molecule has 3 nitrogen and oxygen atoms in total. The van der Waals surface area contributed by atoms with Crippen molar-refractivity contribution in [3.63, 3.8) is 0 Å². The summed E-state index contributed by atoms with van der Waals surface area (Å²) in [5, 5.41) is 8.83. The SMILES string of the molecule is CCCCCCCCCCCc1nccn1CCCCO. The fourth-order valence-electron chi connectivity index (χ4n) is 2.76. The largest absolute Gasteiger partial charge is 0.396 e. The molecule has 0 aliphatic heterocycles. The molecule has 1 aromatic rings. The van der Waals surface area contributed by atoms with E-state index in [-0.39, 0.29) is 0 Å². The van der Waals surface area contributed by atoms with Crippen molar-refractivity contribution in [3.05, 3.63) is 18.2 Å².